The van der Waals surface area contributed by atoms with Gasteiger partial charge in [-0.1, -0.05) is 35.4 Å². The first-order valence-corrected chi connectivity index (χ1v) is 6.53. The Morgan fingerprint density at radius 1 is 1.23 bits per heavy atom. The number of nitrogens with one attached hydrogen (secondary N) is 3. The van der Waals surface area contributed by atoms with Gasteiger partial charge in [0.2, 0.25) is 5.95 Å². The summed E-state index contributed by atoms with van der Waals surface area (Å²) in [6.45, 7) is 1.83. The predicted molar refractivity (Wildman–Crippen MR) is 79.1 cm³/mol. The van der Waals surface area contributed by atoms with E-state index in [1.165, 1.54) is 0 Å². The van der Waals surface area contributed by atoms with Gasteiger partial charge in [0.1, 0.15) is 5.82 Å². The molecule has 0 aliphatic rings. The second-order valence-corrected chi connectivity index (χ2v) is 4.68. The topological polar surface area (TPSA) is 121 Å². The third-order valence-corrected chi connectivity index (χ3v) is 3.19. The van der Waals surface area contributed by atoms with E-state index in [0.29, 0.717) is 5.56 Å². The standard InChI is InChI=1S/C13H13N7O2/c1-8-10(14-12-16-18-19-17-12)15-13(22)20(11(8)21)7-9-5-3-2-4-6-9/h2-6H,7H2,1H3,(H,15,22)(H2,14,16,17,18,19). The summed E-state index contributed by atoms with van der Waals surface area (Å²) in [6.07, 6.45) is 0. The normalized spacial score (nSPS) is 10.6. The van der Waals surface area contributed by atoms with Gasteiger partial charge in [-0.05, 0) is 22.9 Å². The fourth-order valence-electron chi connectivity index (χ4n) is 2.03. The smallest absolute Gasteiger partial charge is 0.309 e. The Bertz CT molecular complexity index is 881. The maximum absolute atomic E-state index is 12.4. The molecule has 3 rings (SSSR count). The van der Waals surface area contributed by atoms with Crippen LogP contribution in [-0.2, 0) is 6.54 Å². The van der Waals surface area contributed by atoms with Crippen LogP contribution in [0.2, 0.25) is 0 Å². The van der Waals surface area contributed by atoms with Crippen LogP contribution >= 0.6 is 0 Å². The van der Waals surface area contributed by atoms with Gasteiger partial charge in [-0.25, -0.2) is 9.89 Å². The Morgan fingerprint density at radius 2 is 2.00 bits per heavy atom. The SMILES string of the molecule is Cc1c(Nc2nnn[nH]2)[nH]c(=O)n(Cc2ccccc2)c1=O. The number of hydrogen-bond acceptors (Lipinski definition) is 6. The van der Waals surface area contributed by atoms with Crippen LogP contribution in [0.1, 0.15) is 11.1 Å². The van der Waals surface area contributed by atoms with Gasteiger partial charge in [-0.3, -0.25) is 14.3 Å². The van der Waals surface area contributed by atoms with Gasteiger partial charge in [-0.15, -0.1) is 0 Å². The van der Waals surface area contributed by atoms with Crippen molar-refractivity contribution in [1.29, 1.82) is 0 Å². The Labute approximate surface area is 124 Å². The van der Waals surface area contributed by atoms with E-state index >= 15 is 0 Å². The van der Waals surface area contributed by atoms with Crippen LogP contribution < -0.4 is 16.6 Å². The average molecular weight is 299 g/mol. The van der Waals surface area contributed by atoms with E-state index in [9.17, 15) is 9.59 Å². The van der Waals surface area contributed by atoms with Gasteiger partial charge in [0, 0.05) is 0 Å². The molecule has 0 atom stereocenters. The highest BCUT2D eigenvalue weighted by Crippen LogP contribution is 2.09. The molecular weight excluding hydrogens is 286 g/mol. The molecule has 0 saturated carbocycles. The molecule has 1 aromatic carbocycles. The zero-order chi connectivity index (χ0) is 15.5. The number of anilines is 2. The monoisotopic (exact) mass is 299 g/mol. The Morgan fingerprint density at radius 3 is 2.68 bits per heavy atom. The van der Waals surface area contributed by atoms with Gasteiger partial charge in [-0.2, -0.15) is 0 Å². The maximum Gasteiger partial charge on any atom is 0.330 e. The lowest BCUT2D eigenvalue weighted by molar-refractivity contribution is 0.694. The van der Waals surface area contributed by atoms with E-state index < -0.39 is 5.69 Å². The quantitative estimate of drug-likeness (QED) is 0.630. The Hall–Kier alpha value is -3.23. The van der Waals surface area contributed by atoms with Crippen molar-refractivity contribution in [3.8, 4) is 0 Å². The van der Waals surface area contributed by atoms with Gasteiger partial charge in [0.15, 0.2) is 0 Å². The van der Waals surface area contributed by atoms with E-state index in [2.05, 4.69) is 30.9 Å². The highest BCUT2D eigenvalue weighted by molar-refractivity contribution is 5.50. The van der Waals surface area contributed by atoms with Crippen molar-refractivity contribution >= 4 is 11.8 Å². The first kappa shape index (κ1) is 13.7. The van der Waals surface area contributed by atoms with Crippen LogP contribution in [0.3, 0.4) is 0 Å². The molecule has 2 aromatic heterocycles. The van der Waals surface area contributed by atoms with Crippen molar-refractivity contribution in [1.82, 2.24) is 30.2 Å². The molecule has 0 fully saturated rings. The summed E-state index contributed by atoms with van der Waals surface area (Å²) in [4.78, 5) is 27.2. The lowest BCUT2D eigenvalue weighted by Gasteiger charge is -2.10. The lowest BCUT2D eigenvalue weighted by atomic mass is 10.2. The molecule has 0 aliphatic heterocycles. The summed E-state index contributed by atoms with van der Waals surface area (Å²) in [7, 11) is 0. The number of aromatic nitrogens is 6. The number of rotatable bonds is 4. The molecule has 112 valence electrons. The molecule has 0 amide bonds. The molecule has 22 heavy (non-hydrogen) atoms. The van der Waals surface area contributed by atoms with Crippen molar-refractivity contribution in [2.75, 3.05) is 5.32 Å². The molecule has 3 N–H and O–H groups in total. The summed E-state index contributed by atoms with van der Waals surface area (Å²) in [6, 6.07) is 9.30. The molecule has 9 heteroatoms. The van der Waals surface area contributed by atoms with E-state index in [0.717, 1.165) is 10.1 Å². The van der Waals surface area contributed by atoms with Crippen LogP contribution in [0.15, 0.2) is 39.9 Å². The van der Waals surface area contributed by atoms with Gasteiger partial charge in [0.25, 0.3) is 5.56 Å². The number of H-pyrrole nitrogens is 2. The van der Waals surface area contributed by atoms with Crippen LogP contribution in [0, 0.1) is 6.92 Å². The number of hydrogen-bond donors (Lipinski definition) is 3. The van der Waals surface area contributed by atoms with Crippen LogP contribution in [0.4, 0.5) is 11.8 Å². The molecular formula is C13H13N7O2. The minimum atomic E-state index is -0.505. The number of tetrazole rings is 1. The molecule has 0 unspecified atom stereocenters. The highest BCUT2D eigenvalue weighted by atomic mass is 16.2. The largest absolute Gasteiger partial charge is 0.330 e. The summed E-state index contributed by atoms with van der Waals surface area (Å²) < 4.78 is 1.15. The first-order valence-electron chi connectivity index (χ1n) is 6.53. The molecule has 9 nitrogen and oxygen atoms in total. The third kappa shape index (κ3) is 2.64. The number of aromatic amines is 2. The van der Waals surface area contributed by atoms with E-state index in [4.69, 9.17) is 0 Å². The summed E-state index contributed by atoms with van der Waals surface area (Å²) >= 11 is 0. The molecule has 3 aromatic rings. The molecule has 0 spiro atoms. The molecule has 0 saturated heterocycles. The second-order valence-electron chi connectivity index (χ2n) is 4.68. The number of nitrogens with zero attached hydrogens (tertiary/aromatic N) is 4. The second kappa shape index (κ2) is 5.64. The van der Waals surface area contributed by atoms with Crippen molar-refractivity contribution < 1.29 is 0 Å². The zero-order valence-corrected chi connectivity index (χ0v) is 11.7. The van der Waals surface area contributed by atoms with Crippen LogP contribution in [0.25, 0.3) is 0 Å². The minimum absolute atomic E-state index is 0.208. The van der Waals surface area contributed by atoms with Gasteiger partial charge >= 0.3 is 5.69 Å². The summed E-state index contributed by atoms with van der Waals surface area (Å²) in [5.74, 6) is 0.497. The number of benzene rings is 1. The lowest BCUT2D eigenvalue weighted by Crippen LogP contribution is -2.37. The van der Waals surface area contributed by atoms with Crippen LogP contribution in [0.5, 0.6) is 0 Å². The molecule has 2 heterocycles. The Balaban J connectivity index is 1.98. The first-order chi connectivity index (χ1) is 10.6. The van der Waals surface area contributed by atoms with E-state index in [1.54, 1.807) is 6.92 Å². The van der Waals surface area contributed by atoms with Gasteiger partial charge in [0.05, 0.1) is 12.1 Å². The van der Waals surface area contributed by atoms with Crippen molar-refractivity contribution in [3.63, 3.8) is 0 Å². The summed E-state index contributed by atoms with van der Waals surface area (Å²) in [5.41, 5.74) is 0.360. The van der Waals surface area contributed by atoms with Crippen molar-refractivity contribution in [2.45, 2.75) is 13.5 Å². The average Bonchev–Trinajstić information content (AvgIpc) is 3.03. The maximum atomic E-state index is 12.4. The highest BCUT2D eigenvalue weighted by Gasteiger charge is 2.12. The van der Waals surface area contributed by atoms with Crippen LogP contribution in [-0.4, -0.2) is 30.2 Å². The zero-order valence-electron chi connectivity index (χ0n) is 11.7. The fraction of sp³-hybridized carbons (Fsp3) is 0.154. The molecule has 0 bridgehead atoms. The van der Waals surface area contributed by atoms with Gasteiger partial charge < -0.3 is 5.32 Å². The predicted octanol–water partition coefficient (Wildman–Crippen LogP) is 0.150. The van der Waals surface area contributed by atoms with E-state index in [1.807, 2.05) is 30.3 Å². The Kier molecular flexibility index (Phi) is 3.52. The molecule has 0 radical (unpaired) electrons. The van der Waals surface area contributed by atoms with E-state index in [-0.39, 0.29) is 23.9 Å². The summed E-state index contributed by atoms with van der Waals surface area (Å²) in [5, 5.41) is 15.7. The van der Waals surface area contributed by atoms with Crippen molar-refractivity contribution in [3.05, 3.63) is 62.3 Å². The fourth-order valence-corrected chi connectivity index (χ4v) is 2.03. The van der Waals surface area contributed by atoms with Crippen molar-refractivity contribution in [2.24, 2.45) is 0 Å². The third-order valence-electron chi connectivity index (χ3n) is 3.19. The molecule has 0 aliphatic carbocycles. The minimum Gasteiger partial charge on any atom is -0.309 e.